The van der Waals surface area contributed by atoms with Gasteiger partial charge in [0, 0.05) is 6.54 Å². The summed E-state index contributed by atoms with van der Waals surface area (Å²) in [5.74, 6) is 0.332. The maximum absolute atomic E-state index is 13.0. The fraction of sp³-hybridized carbons (Fsp3) is 0.688. The van der Waals surface area contributed by atoms with E-state index in [4.69, 9.17) is 0 Å². The number of hydrogen-bond acceptors (Lipinski definition) is 4. The molecule has 0 aromatic carbocycles. The van der Waals surface area contributed by atoms with E-state index in [-0.39, 0.29) is 5.54 Å². The molecule has 1 saturated heterocycles. The van der Waals surface area contributed by atoms with Gasteiger partial charge < -0.3 is 5.32 Å². The van der Waals surface area contributed by atoms with Gasteiger partial charge in [0.1, 0.15) is 0 Å². The number of Topliss-reactive ketones (excluding diaryl/α,β-unsaturated/α-hetero) is 1. The number of ketones is 1. The van der Waals surface area contributed by atoms with Gasteiger partial charge in [-0.2, -0.15) is 0 Å². The van der Waals surface area contributed by atoms with Crippen molar-refractivity contribution in [1.29, 1.82) is 0 Å². The van der Waals surface area contributed by atoms with Crippen molar-refractivity contribution in [2.24, 2.45) is 5.41 Å². The minimum atomic E-state index is -0.279. The predicted molar refractivity (Wildman–Crippen MR) is 83.5 cm³/mol. The summed E-state index contributed by atoms with van der Waals surface area (Å²) < 4.78 is 0. The second-order valence-corrected chi connectivity index (χ2v) is 7.61. The van der Waals surface area contributed by atoms with Crippen molar-refractivity contribution in [2.75, 3.05) is 27.2 Å². The van der Waals surface area contributed by atoms with Gasteiger partial charge in [0.25, 0.3) is 0 Å². The second kappa shape index (κ2) is 5.24. The monoisotopic (exact) mass is 292 g/mol. The molecule has 0 atom stereocenters. The molecule has 1 saturated carbocycles. The molecule has 1 spiro atoms. The number of hydrogen-bond donors (Lipinski definition) is 1. The van der Waals surface area contributed by atoms with E-state index < -0.39 is 0 Å². The Labute approximate surface area is 125 Å². The van der Waals surface area contributed by atoms with Crippen LogP contribution in [0.3, 0.4) is 0 Å². The third kappa shape index (κ3) is 2.24. The van der Waals surface area contributed by atoms with E-state index in [1.165, 1.54) is 19.3 Å². The molecular formula is C16H24N2OS. The molecule has 0 amide bonds. The molecule has 3 rings (SSSR count). The molecule has 1 N–H and O–H groups in total. The van der Waals surface area contributed by atoms with Gasteiger partial charge in [0.15, 0.2) is 5.78 Å². The van der Waals surface area contributed by atoms with Crippen LogP contribution in [-0.2, 0) is 0 Å². The van der Waals surface area contributed by atoms with E-state index in [1.807, 2.05) is 17.5 Å². The molecule has 3 nitrogen and oxygen atoms in total. The van der Waals surface area contributed by atoms with Crippen LogP contribution in [0, 0.1) is 5.41 Å². The van der Waals surface area contributed by atoms with Gasteiger partial charge in [-0.15, -0.1) is 11.3 Å². The predicted octanol–water partition coefficient (Wildman–Crippen LogP) is 2.78. The molecular weight excluding hydrogens is 268 g/mol. The Kier molecular flexibility index (Phi) is 3.73. The van der Waals surface area contributed by atoms with Crippen molar-refractivity contribution in [3.05, 3.63) is 22.4 Å². The summed E-state index contributed by atoms with van der Waals surface area (Å²) in [6.45, 7) is 2.29. The summed E-state index contributed by atoms with van der Waals surface area (Å²) >= 11 is 1.58. The van der Waals surface area contributed by atoms with Gasteiger partial charge in [0.2, 0.25) is 0 Å². The first kappa shape index (κ1) is 14.2. The van der Waals surface area contributed by atoms with Crippen LogP contribution in [0.2, 0.25) is 0 Å². The summed E-state index contributed by atoms with van der Waals surface area (Å²) in [6, 6.07) is 3.95. The summed E-state index contributed by atoms with van der Waals surface area (Å²) in [7, 11) is 4.13. The van der Waals surface area contributed by atoms with Crippen LogP contribution in [-0.4, -0.2) is 43.4 Å². The summed E-state index contributed by atoms with van der Waals surface area (Å²) in [5, 5.41) is 5.50. The van der Waals surface area contributed by atoms with Crippen LogP contribution in [0.1, 0.15) is 41.8 Å². The molecule has 2 heterocycles. The summed E-state index contributed by atoms with van der Waals surface area (Å²) in [5.41, 5.74) is 0.188. The van der Waals surface area contributed by atoms with Crippen molar-refractivity contribution in [1.82, 2.24) is 10.2 Å². The van der Waals surface area contributed by atoms with Crippen molar-refractivity contribution >= 4 is 17.1 Å². The van der Waals surface area contributed by atoms with E-state index in [0.29, 0.717) is 11.2 Å². The summed E-state index contributed by atoms with van der Waals surface area (Å²) in [6.07, 6.45) is 5.63. The Balaban J connectivity index is 1.82. The molecule has 0 unspecified atom stereocenters. The Morgan fingerprint density at radius 1 is 1.25 bits per heavy atom. The number of nitrogens with one attached hydrogen (secondary N) is 1. The highest BCUT2D eigenvalue weighted by Gasteiger charge is 2.49. The topological polar surface area (TPSA) is 32.3 Å². The number of carbonyl (C=O) groups excluding carboxylic acids is 1. The first-order chi connectivity index (χ1) is 9.58. The molecule has 1 aliphatic heterocycles. The van der Waals surface area contributed by atoms with Crippen LogP contribution in [0.5, 0.6) is 0 Å². The van der Waals surface area contributed by atoms with Gasteiger partial charge in [0.05, 0.1) is 10.4 Å². The Morgan fingerprint density at radius 3 is 2.50 bits per heavy atom. The van der Waals surface area contributed by atoms with Crippen LogP contribution < -0.4 is 5.32 Å². The second-order valence-electron chi connectivity index (χ2n) is 6.66. The lowest BCUT2D eigenvalue weighted by molar-refractivity contribution is 0.0367. The zero-order chi connectivity index (χ0) is 14.2. The van der Waals surface area contributed by atoms with Gasteiger partial charge in [-0.1, -0.05) is 6.07 Å². The molecule has 0 bridgehead atoms. The molecule has 2 aliphatic rings. The maximum atomic E-state index is 13.0. The molecule has 1 aromatic heterocycles. The number of nitrogens with zero attached hydrogens (tertiary/aromatic N) is 1. The van der Waals surface area contributed by atoms with Gasteiger partial charge in [-0.25, -0.2) is 0 Å². The maximum Gasteiger partial charge on any atom is 0.192 e. The average molecular weight is 292 g/mol. The molecule has 1 aromatic rings. The van der Waals surface area contributed by atoms with Crippen LogP contribution in [0.4, 0.5) is 0 Å². The van der Waals surface area contributed by atoms with Gasteiger partial charge in [-0.05, 0) is 69.6 Å². The van der Waals surface area contributed by atoms with E-state index in [0.717, 1.165) is 30.8 Å². The highest BCUT2D eigenvalue weighted by molar-refractivity contribution is 7.12. The lowest BCUT2D eigenvalue weighted by Gasteiger charge is -2.47. The standard InChI is InChI=1S/C16H24N2OS/c1-18(2)16(14(19)13-4-3-11-20-13)7-5-15(6-8-16)9-10-17-12-15/h3-4,11,17H,5-10,12H2,1-2H3. The van der Waals surface area contributed by atoms with Crippen LogP contribution >= 0.6 is 11.3 Å². The molecule has 110 valence electrons. The van der Waals surface area contributed by atoms with E-state index in [2.05, 4.69) is 24.3 Å². The molecule has 4 heteroatoms. The number of thiophene rings is 1. The molecule has 20 heavy (non-hydrogen) atoms. The van der Waals surface area contributed by atoms with Crippen molar-refractivity contribution in [3.8, 4) is 0 Å². The molecule has 2 fully saturated rings. The zero-order valence-electron chi connectivity index (χ0n) is 12.4. The Hall–Kier alpha value is -0.710. The number of carbonyl (C=O) groups is 1. The fourth-order valence-electron chi connectivity index (χ4n) is 3.93. The minimum absolute atomic E-state index is 0.279. The molecule has 0 radical (unpaired) electrons. The van der Waals surface area contributed by atoms with E-state index in [1.54, 1.807) is 11.3 Å². The highest BCUT2D eigenvalue weighted by atomic mass is 32.1. The van der Waals surface area contributed by atoms with Crippen molar-refractivity contribution in [3.63, 3.8) is 0 Å². The smallest absolute Gasteiger partial charge is 0.192 e. The minimum Gasteiger partial charge on any atom is -0.316 e. The van der Waals surface area contributed by atoms with Crippen LogP contribution in [0.25, 0.3) is 0 Å². The highest BCUT2D eigenvalue weighted by Crippen LogP contribution is 2.47. The van der Waals surface area contributed by atoms with Gasteiger partial charge in [-0.3, -0.25) is 9.69 Å². The average Bonchev–Trinajstić information content (AvgIpc) is 3.10. The Morgan fingerprint density at radius 2 is 2.00 bits per heavy atom. The lowest BCUT2D eigenvalue weighted by Crippen LogP contribution is -2.55. The first-order valence-corrected chi connectivity index (χ1v) is 8.43. The molecule has 1 aliphatic carbocycles. The summed E-state index contributed by atoms with van der Waals surface area (Å²) in [4.78, 5) is 16.1. The van der Waals surface area contributed by atoms with Gasteiger partial charge >= 0.3 is 0 Å². The zero-order valence-corrected chi connectivity index (χ0v) is 13.3. The Bertz CT molecular complexity index is 465. The van der Waals surface area contributed by atoms with Crippen LogP contribution in [0.15, 0.2) is 17.5 Å². The lowest BCUT2D eigenvalue weighted by atomic mass is 9.65. The number of likely N-dealkylation sites (N-methyl/N-ethyl adjacent to an activating group) is 1. The van der Waals surface area contributed by atoms with Crippen molar-refractivity contribution < 1.29 is 4.79 Å². The third-order valence-corrected chi connectivity index (χ3v) is 6.36. The first-order valence-electron chi connectivity index (χ1n) is 7.55. The fourth-order valence-corrected chi connectivity index (χ4v) is 4.69. The van der Waals surface area contributed by atoms with E-state index >= 15 is 0 Å². The van der Waals surface area contributed by atoms with Crippen molar-refractivity contribution in [2.45, 2.75) is 37.6 Å². The third-order valence-electron chi connectivity index (χ3n) is 5.49. The SMILES string of the molecule is CN(C)C1(C(=O)c2cccs2)CCC2(CCNC2)CC1. The van der Waals surface area contributed by atoms with E-state index in [9.17, 15) is 4.79 Å². The quantitative estimate of drug-likeness (QED) is 0.870. The number of rotatable bonds is 3. The normalized spacial score (nSPS) is 34.0. The largest absolute Gasteiger partial charge is 0.316 e.